The molecular formula is C3H2BrClN2S. The molecule has 0 fully saturated rings. The van der Waals surface area contributed by atoms with E-state index in [1.165, 1.54) is 11.3 Å². The second-order valence-corrected chi connectivity index (χ2v) is 3.29. The van der Waals surface area contributed by atoms with E-state index in [1.807, 2.05) is 0 Å². The number of hydrogen-bond donors (Lipinski definition) is 0. The number of hydrogen-bond acceptors (Lipinski definition) is 3. The highest BCUT2D eigenvalue weighted by molar-refractivity contribution is 9.08. The molecular weight excluding hydrogens is 211 g/mol. The quantitative estimate of drug-likeness (QED) is 0.668. The SMILES string of the molecule is Clc1nnc(CBr)s1. The van der Waals surface area contributed by atoms with Crippen LogP contribution in [0.1, 0.15) is 5.01 Å². The molecule has 5 heteroatoms. The molecule has 1 aromatic heterocycles. The summed E-state index contributed by atoms with van der Waals surface area (Å²) in [6.07, 6.45) is 0. The lowest BCUT2D eigenvalue weighted by Gasteiger charge is -1.73. The second kappa shape index (κ2) is 2.75. The van der Waals surface area contributed by atoms with Gasteiger partial charge in [-0.05, 0) is 11.6 Å². The molecule has 0 unspecified atom stereocenters. The Bertz CT molecular complexity index is 178. The van der Waals surface area contributed by atoms with E-state index in [1.54, 1.807) is 0 Å². The standard InChI is InChI=1S/C3H2BrClN2S/c4-1-2-6-7-3(5)8-2/h1H2. The van der Waals surface area contributed by atoms with Crippen molar-refractivity contribution in [2.24, 2.45) is 0 Å². The van der Waals surface area contributed by atoms with Crippen molar-refractivity contribution in [3.63, 3.8) is 0 Å². The van der Waals surface area contributed by atoms with Gasteiger partial charge in [0.05, 0.1) is 5.33 Å². The molecule has 0 aliphatic rings. The lowest BCUT2D eigenvalue weighted by Crippen LogP contribution is -1.71. The molecule has 1 heterocycles. The Morgan fingerprint density at radius 3 is 2.62 bits per heavy atom. The minimum atomic E-state index is 0.499. The van der Waals surface area contributed by atoms with Crippen LogP contribution >= 0.6 is 38.9 Å². The summed E-state index contributed by atoms with van der Waals surface area (Å²) in [4.78, 5) is 0. The average molecular weight is 213 g/mol. The lowest BCUT2D eigenvalue weighted by atomic mass is 10.9. The van der Waals surface area contributed by atoms with Gasteiger partial charge in [-0.3, -0.25) is 0 Å². The van der Waals surface area contributed by atoms with E-state index in [-0.39, 0.29) is 0 Å². The molecule has 8 heavy (non-hydrogen) atoms. The van der Waals surface area contributed by atoms with E-state index in [2.05, 4.69) is 26.1 Å². The van der Waals surface area contributed by atoms with Gasteiger partial charge in [0.25, 0.3) is 0 Å². The molecule has 0 atom stereocenters. The zero-order chi connectivity index (χ0) is 5.98. The summed E-state index contributed by atoms with van der Waals surface area (Å²) in [6.45, 7) is 0. The predicted octanol–water partition coefficient (Wildman–Crippen LogP) is 2.09. The van der Waals surface area contributed by atoms with Gasteiger partial charge < -0.3 is 0 Å². The van der Waals surface area contributed by atoms with Gasteiger partial charge in [0.1, 0.15) is 5.01 Å². The van der Waals surface area contributed by atoms with Crippen molar-refractivity contribution < 1.29 is 0 Å². The highest BCUT2D eigenvalue weighted by Gasteiger charge is 1.96. The molecule has 0 aliphatic carbocycles. The molecule has 1 aromatic rings. The van der Waals surface area contributed by atoms with Crippen molar-refractivity contribution >= 4 is 38.9 Å². The monoisotopic (exact) mass is 212 g/mol. The molecule has 0 aromatic carbocycles. The predicted molar refractivity (Wildman–Crippen MR) is 37.6 cm³/mol. The second-order valence-electron chi connectivity index (χ2n) is 1.08. The third-order valence-electron chi connectivity index (χ3n) is 0.557. The van der Waals surface area contributed by atoms with Crippen molar-refractivity contribution in [1.82, 2.24) is 10.2 Å². The van der Waals surface area contributed by atoms with Gasteiger partial charge in [-0.1, -0.05) is 27.3 Å². The van der Waals surface area contributed by atoms with Crippen LogP contribution in [-0.4, -0.2) is 10.2 Å². The van der Waals surface area contributed by atoms with Gasteiger partial charge in [-0.15, -0.1) is 10.2 Å². The van der Waals surface area contributed by atoms with Crippen LogP contribution in [0.4, 0.5) is 0 Å². The van der Waals surface area contributed by atoms with Crippen molar-refractivity contribution in [2.45, 2.75) is 5.33 Å². The Kier molecular flexibility index (Phi) is 2.22. The maximum Gasteiger partial charge on any atom is 0.207 e. The Labute approximate surface area is 64.0 Å². The van der Waals surface area contributed by atoms with Gasteiger partial charge in [-0.2, -0.15) is 0 Å². The first-order valence-electron chi connectivity index (χ1n) is 1.87. The highest BCUT2D eigenvalue weighted by Crippen LogP contribution is 2.16. The van der Waals surface area contributed by atoms with Crippen LogP contribution in [0.2, 0.25) is 4.47 Å². The van der Waals surface area contributed by atoms with Crippen LogP contribution in [0.25, 0.3) is 0 Å². The van der Waals surface area contributed by atoms with Crippen LogP contribution in [0.5, 0.6) is 0 Å². The van der Waals surface area contributed by atoms with Gasteiger partial charge >= 0.3 is 0 Å². The summed E-state index contributed by atoms with van der Waals surface area (Å²) in [5.74, 6) is 0. The van der Waals surface area contributed by atoms with Gasteiger partial charge in [0, 0.05) is 0 Å². The number of alkyl halides is 1. The summed E-state index contributed by atoms with van der Waals surface area (Å²) in [7, 11) is 0. The largest absolute Gasteiger partial charge is 0.207 e. The molecule has 0 radical (unpaired) electrons. The lowest BCUT2D eigenvalue weighted by molar-refractivity contribution is 1.04. The molecule has 0 spiro atoms. The summed E-state index contributed by atoms with van der Waals surface area (Å²) < 4.78 is 0.499. The van der Waals surface area contributed by atoms with E-state index in [0.29, 0.717) is 4.47 Å². The first-order chi connectivity index (χ1) is 3.83. The van der Waals surface area contributed by atoms with Crippen LogP contribution in [-0.2, 0) is 5.33 Å². The molecule has 0 saturated carbocycles. The topological polar surface area (TPSA) is 25.8 Å². The maximum atomic E-state index is 5.46. The van der Waals surface area contributed by atoms with Crippen LogP contribution in [0.3, 0.4) is 0 Å². The fourth-order valence-corrected chi connectivity index (χ4v) is 1.46. The van der Waals surface area contributed by atoms with Gasteiger partial charge in [-0.25, -0.2) is 0 Å². The van der Waals surface area contributed by atoms with Crippen molar-refractivity contribution in [2.75, 3.05) is 0 Å². The molecule has 0 saturated heterocycles. The average Bonchev–Trinajstić information content (AvgIpc) is 2.14. The Morgan fingerprint density at radius 2 is 2.38 bits per heavy atom. The van der Waals surface area contributed by atoms with E-state index >= 15 is 0 Å². The first kappa shape index (κ1) is 6.45. The Balaban J connectivity index is 2.84. The third-order valence-corrected chi connectivity index (χ3v) is 2.48. The minimum absolute atomic E-state index is 0.499. The highest BCUT2D eigenvalue weighted by atomic mass is 79.9. The van der Waals surface area contributed by atoms with Crippen molar-refractivity contribution in [1.29, 1.82) is 0 Å². The van der Waals surface area contributed by atoms with E-state index < -0.39 is 0 Å². The fraction of sp³-hybridized carbons (Fsp3) is 0.333. The summed E-state index contributed by atoms with van der Waals surface area (Å²) in [6, 6.07) is 0. The van der Waals surface area contributed by atoms with Gasteiger partial charge in [0.2, 0.25) is 4.47 Å². The normalized spacial score (nSPS) is 9.75. The molecule has 1 rings (SSSR count). The minimum Gasteiger partial charge on any atom is -0.141 e. The zero-order valence-electron chi connectivity index (χ0n) is 3.77. The summed E-state index contributed by atoms with van der Waals surface area (Å²) in [5, 5.41) is 8.96. The Hall–Kier alpha value is 0.330. The molecule has 2 nitrogen and oxygen atoms in total. The van der Waals surface area contributed by atoms with Crippen LogP contribution in [0.15, 0.2) is 0 Å². The zero-order valence-corrected chi connectivity index (χ0v) is 6.92. The van der Waals surface area contributed by atoms with E-state index in [0.717, 1.165) is 10.3 Å². The molecule has 0 bridgehead atoms. The molecule has 44 valence electrons. The molecule has 0 N–H and O–H groups in total. The Morgan fingerprint density at radius 1 is 1.62 bits per heavy atom. The van der Waals surface area contributed by atoms with Crippen molar-refractivity contribution in [3.8, 4) is 0 Å². The number of aromatic nitrogens is 2. The smallest absolute Gasteiger partial charge is 0.141 e. The van der Waals surface area contributed by atoms with E-state index in [4.69, 9.17) is 11.6 Å². The summed E-state index contributed by atoms with van der Waals surface area (Å²) >= 11 is 10.1. The van der Waals surface area contributed by atoms with Crippen molar-refractivity contribution in [3.05, 3.63) is 9.47 Å². The van der Waals surface area contributed by atoms with Crippen LogP contribution < -0.4 is 0 Å². The maximum absolute atomic E-state index is 5.46. The van der Waals surface area contributed by atoms with E-state index in [9.17, 15) is 0 Å². The fourth-order valence-electron chi connectivity index (χ4n) is 0.287. The van der Waals surface area contributed by atoms with Crippen LogP contribution in [0, 0.1) is 0 Å². The summed E-state index contributed by atoms with van der Waals surface area (Å²) in [5.41, 5.74) is 0. The first-order valence-corrected chi connectivity index (χ1v) is 4.18. The number of rotatable bonds is 1. The molecule has 0 amide bonds. The van der Waals surface area contributed by atoms with Gasteiger partial charge in [0.15, 0.2) is 0 Å². The number of nitrogens with zero attached hydrogens (tertiary/aromatic N) is 2. The number of halogens is 2. The molecule has 0 aliphatic heterocycles. The third kappa shape index (κ3) is 1.40.